The number of nitrogens with zero attached hydrogens (tertiary/aromatic N) is 3. The van der Waals surface area contributed by atoms with E-state index in [0.717, 1.165) is 5.56 Å². The first-order valence-electron chi connectivity index (χ1n) is 7.28. The molecule has 2 heterocycles. The fourth-order valence-corrected chi connectivity index (χ4v) is 2.59. The highest BCUT2D eigenvalue weighted by atomic mass is 35.5. The average Bonchev–Trinajstić information content (AvgIpc) is 3.19. The molecule has 0 aliphatic carbocycles. The molecule has 0 unspecified atom stereocenters. The molecule has 1 aromatic carbocycles. The van der Waals surface area contributed by atoms with Gasteiger partial charge in [-0.3, -0.25) is 9.48 Å². The summed E-state index contributed by atoms with van der Waals surface area (Å²) in [6.45, 7) is 2.39. The molecular formula is C16H14Cl2N4O2. The summed E-state index contributed by atoms with van der Waals surface area (Å²) in [6.07, 6.45) is 3.95. The highest BCUT2D eigenvalue weighted by Crippen LogP contribution is 2.22. The van der Waals surface area contributed by atoms with Crippen molar-refractivity contribution in [2.75, 3.05) is 5.32 Å². The first-order valence-corrected chi connectivity index (χ1v) is 8.04. The monoisotopic (exact) mass is 364 g/mol. The topological polar surface area (TPSA) is 73.0 Å². The van der Waals surface area contributed by atoms with Crippen molar-refractivity contribution in [3.8, 4) is 0 Å². The Morgan fingerprint density at radius 1 is 1.33 bits per heavy atom. The SMILES string of the molecule is CCc1cc(C(=O)Nc2cnn(Cc3ccc(Cl)cc3Cl)c2)no1. The zero-order chi connectivity index (χ0) is 17.1. The average molecular weight is 365 g/mol. The van der Waals surface area contributed by atoms with Crippen LogP contribution in [0.15, 0.2) is 41.2 Å². The van der Waals surface area contributed by atoms with E-state index < -0.39 is 0 Å². The molecule has 3 rings (SSSR count). The molecule has 0 aliphatic rings. The molecule has 1 N–H and O–H groups in total. The molecule has 1 amide bonds. The van der Waals surface area contributed by atoms with Gasteiger partial charge in [-0.15, -0.1) is 0 Å². The number of aryl methyl sites for hydroxylation is 1. The number of aromatic nitrogens is 3. The van der Waals surface area contributed by atoms with Gasteiger partial charge >= 0.3 is 0 Å². The van der Waals surface area contributed by atoms with E-state index in [1.54, 1.807) is 35.3 Å². The van der Waals surface area contributed by atoms with Gasteiger partial charge in [0.05, 0.1) is 18.4 Å². The summed E-state index contributed by atoms with van der Waals surface area (Å²) in [5.74, 6) is 0.316. The van der Waals surface area contributed by atoms with E-state index in [0.29, 0.717) is 34.5 Å². The number of carbonyl (C=O) groups is 1. The van der Waals surface area contributed by atoms with Gasteiger partial charge in [-0.2, -0.15) is 5.10 Å². The van der Waals surface area contributed by atoms with Crippen LogP contribution in [-0.2, 0) is 13.0 Å². The van der Waals surface area contributed by atoms with E-state index in [2.05, 4.69) is 15.6 Å². The van der Waals surface area contributed by atoms with Gasteiger partial charge < -0.3 is 9.84 Å². The van der Waals surface area contributed by atoms with Crippen molar-refractivity contribution in [2.24, 2.45) is 0 Å². The largest absolute Gasteiger partial charge is 0.361 e. The van der Waals surface area contributed by atoms with E-state index in [9.17, 15) is 4.79 Å². The van der Waals surface area contributed by atoms with Crippen LogP contribution in [0.5, 0.6) is 0 Å². The first-order chi connectivity index (χ1) is 11.5. The second-order valence-electron chi connectivity index (χ2n) is 5.15. The summed E-state index contributed by atoms with van der Waals surface area (Å²) in [5, 5.41) is 11.8. The third-order valence-electron chi connectivity index (χ3n) is 3.38. The number of benzene rings is 1. The minimum atomic E-state index is -0.345. The fourth-order valence-electron chi connectivity index (χ4n) is 2.12. The molecule has 0 bridgehead atoms. The van der Waals surface area contributed by atoms with Crippen LogP contribution in [0.4, 0.5) is 5.69 Å². The van der Waals surface area contributed by atoms with Crippen LogP contribution >= 0.6 is 23.2 Å². The maximum atomic E-state index is 12.1. The maximum absolute atomic E-state index is 12.1. The quantitative estimate of drug-likeness (QED) is 0.741. The Bertz CT molecular complexity index is 873. The van der Waals surface area contributed by atoms with E-state index in [1.165, 1.54) is 0 Å². The first kappa shape index (κ1) is 16.5. The van der Waals surface area contributed by atoms with Gasteiger partial charge in [0.25, 0.3) is 5.91 Å². The summed E-state index contributed by atoms with van der Waals surface area (Å²) in [5.41, 5.74) is 1.68. The van der Waals surface area contributed by atoms with Gasteiger partial charge in [-0.05, 0) is 17.7 Å². The molecule has 0 aliphatic heterocycles. The lowest BCUT2D eigenvalue weighted by atomic mass is 10.2. The molecule has 2 aromatic heterocycles. The van der Waals surface area contributed by atoms with Gasteiger partial charge in [0.2, 0.25) is 0 Å². The Kier molecular flexibility index (Phi) is 4.87. The van der Waals surface area contributed by atoms with Crippen LogP contribution in [0.3, 0.4) is 0 Å². The van der Waals surface area contributed by atoms with Crippen LogP contribution in [0.25, 0.3) is 0 Å². The van der Waals surface area contributed by atoms with E-state index >= 15 is 0 Å². The second-order valence-corrected chi connectivity index (χ2v) is 5.99. The Morgan fingerprint density at radius 2 is 2.17 bits per heavy atom. The van der Waals surface area contributed by atoms with Crippen molar-refractivity contribution in [3.05, 3.63) is 63.7 Å². The summed E-state index contributed by atoms with van der Waals surface area (Å²) < 4.78 is 6.69. The van der Waals surface area contributed by atoms with Gasteiger partial charge in [0, 0.05) is 28.7 Å². The number of anilines is 1. The summed E-state index contributed by atoms with van der Waals surface area (Å²) in [6, 6.07) is 6.91. The maximum Gasteiger partial charge on any atom is 0.277 e. The van der Waals surface area contributed by atoms with Crippen molar-refractivity contribution in [1.82, 2.24) is 14.9 Å². The van der Waals surface area contributed by atoms with Gasteiger partial charge in [-0.25, -0.2) is 0 Å². The lowest BCUT2D eigenvalue weighted by Gasteiger charge is -2.05. The van der Waals surface area contributed by atoms with Crippen LogP contribution in [0.1, 0.15) is 28.7 Å². The second kappa shape index (κ2) is 7.07. The van der Waals surface area contributed by atoms with Crippen molar-refractivity contribution in [2.45, 2.75) is 19.9 Å². The zero-order valence-corrected chi connectivity index (χ0v) is 14.3. The standard InChI is InChI=1S/C16H14Cl2N4O2/c1-2-13-6-15(21-24-13)16(23)20-12-7-19-22(9-12)8-10-3-4-11(17)5-14(10)18/h3-7,9H,2,8H2,1H3,(H,20,23). The van der Waals surface area contributed by atoms with Gasteiger partial charge in [0.1, 0.15) is 5.76 Å². The number of nitrogens with one attached hydrogen (secondary N) is 1. The highest BCUT2D eigenvalue weighted by Gasteiger charge is 2.13. The molecule has 0 atom stereocenters. The molecule has 8 heteroatoms. The Labute approximate surface area is 148 Å². The van der Waals surface area contributed by atoms with Gasteiger partial charge in [-0.1, -0.05) is 41.3 Å². The minimum absolute atomic E-state index is 0.236. The molecule has 0 saturated heterocycles. The number of hydrogen-bond donors (Lipinski definition) is 1. The molecular weight excluding hydrogens is 351 g/mol. The van der Waals surface area contributed by atoms with Gasteiger partial charge in [0.15, 0.2) is 5.69 Å². The summed E-state index contributed by atoms with van der Waals surface area (Å²) in [7, 11) is 0. The number of halogens is 2. The molecule has 124 valence electrons. The normalized spacial score (nSPS) is 10.8. The molecule has 24 heavy (non-hydrogen) atoms. The Morgan fingerprint density at radius 3 is 2.88 bits per heavy atom. The number of amides is 1. The Hall–Kier alpha value is -2.31. The van der Waals surface area contributed by atoms with Crippen LogP contribution < -0.4 is 5.32 Å². The fraction of sp³-hybridized carbons (Fsp3) is 0.188. The number of hydrogen-bond acceptors (Lipinski definition) is 4. The smallest absolute Gasteiger partial charge is 0.277 e. The van der Waals surface area contributed by atoms with E-state index in [1.807, 2.05) is 13.0 Å². The molecule has 0 radical (unpaired) electrons. The van der Waals surface area contributed by atoms with Crippen molar-refractivity contribution in [3.63, 3.8) is 0 Å². The predicted octanol–water partition coefficient (Wildman–Crippen LogP) is 4.04. The van der Waals surface area contributed by atoms with Crippen LogP contribution in [0, 0.1) is 0 Å². The molecule has 0 spiro atoms. The van der Waals surface area contributed by atoms with Crippen molar-refractivity contribution >= 4 is 34.8 Å². The van der Waals surface area contributed by atoms with E-state index in [-0.39, 0.29) is 11.6 Å². The van der Waals surface area contributed by atoms with Crippen LogP contribution in [0.2, 0.25) is 10.0 Å². The Balaban J connectivity index is 1.68. The summed E-state index contributed by atoms with van der Waals surface area (Å²) in [4.78, 5) is 12.1. The lowest BCUT2D eigenvalue weighted by molar-refractivity contribution is 0.101. The van der Waals surface area contributed by atoms with Crippen molar-refractivity contribution in [1.29, 1.82) is 0 Å². The van der Waals surface area contributed by atoms with Crippen molar-refractivity contribution < 1.29 is 9.32 Å². The highest BCUT2D eigenvalue weighted by molar-refractivity contribution is 6.35. The van der Waals surface area contributed by atoms with E-state index in [4.69, 9.17) is 27.7 Å². The zero-order valence-electron chi connectivity index (χ0n) is 12.8. The molecule has 3 aromatic rings. The lowest BCUT2D eigenvalue weighted by Crippen LogP contribution is -2.11. The molecule has 6 nitrogen and oxygen atoms in total. The van der Waals surface area contributed by atoms with Crippen LogP contribution in [-0.4, -0.2) is 20.8 Å². The number of rotatable bonds is 5. The third kappa shape index (κ3) is 3.77. The number of carbonyl (C=O) groups excluding carboxylic acids is 1. The molecule has 0 saturated carbocycles. The summed E-state index contributed by atoms with van der Waals surface area (Å²) >= 11 is 12.0. The predicted molar refractivity (Wildman–Crippen MR) is 91.6 cm³/mol. The minimum Gasteiger partial charge on any atom is -0.361 e. The third-order valence-corrected chi connectivity index (χ3v) is 3.97. The molecule has 0 fully saturated rings.